The molecular formula is C23H19BrClN3O4. The number of benzene rings is 3. The normalized spacial score (nSPS) is 10.5. The van der Waals surface area contributed by atoms with Gasteiger partial charge in [0, 0.05) is 17.7 Å². The van der Waals surface area contributed by atoms with E-state index in [0.29, 0.717) is 29.5 Å². The third kappa shape index (κ3) is 5.15. The molecule has 9 heteroatoms. The SMILES string of the molecule is O=C(C[n+]1cn(CCOc2ccccc2Cl)c2ccccc21)c1ccc([N+](=O)[O-])cc1.[Br-]. The van der Waals surface area contributed by atoms with E-state index in [1.807, 2.05) is 57.9 Å². The lowest BCUT2D eigenvalue weighted by Gasteiger charge is -2.06. The van der Waals surface area contributed by atoms with Gasteiger partial charge in [0.2, 0.25) is 12.1 Å². The van der Waals surface area contributed by atoms with Gasteiger partial charge in [0.05, 0.1) is 9.95 Å². The van der Waals surface area contributed by atoms with Crippen molar-refractivity contribution >= 4 is 34.1 Å². The number of nitro benzene ring substituents is 1. The van der Waals surface area contributed by atoms with Crippen LogP contribution in [0.1, 0.15) is 10.4 Å². The first-order valence-electron chi connectivity index (χ1n) is 9.65. The Morgan fingerprint density at radius 3 is 2.44 bits per heavy atom. The Balaban J connectivity index is 0.00000289. The molecule has 0 aliphatic rings. The molecular weight excluding hydrogens is 498 g/mol. The summed E-state index contributed by atoms with van der Waals surface area (Å²) < 4.78 is 9.69. The molecule has 0 bridgehead atoms. The highest BCUT2D eigenvalue weighted by molar-refractivity contribution is 6.32. The molecule has 7 nitrogen and oxygen atoms in total. The zero-order valence-electron chi connectivity index (χ0n) is 16.9. The molecule has 0 fully saturated rings. The van der Waals surface area contributed by atoms with Gasteiger partial charge >= 0.3 is 0 Å². The van der Waals surface area contributed by atoms with Gasteiger partial charge in [-0.25, -0.2) is 9.13 Å². The Kier molecular flexibility index (Phi) is 7.61. The molecule has 1 heterocycles. The summed E-state index contributed by atoms with van der Waals surface area (Å²) >= 11 is 6.14. The third-order valence-corrected chi connectivity index (χ3v) is 5.23. The van der Waals surface area contributed by atoms with E-state index in [-0.39, 0.29) is 35.0 Å². The number of carbonyl (C=O) groups is 1. The number of nitro groups is 1. The maximum atomic E-state index is 12.7. The molecule has 0 saturated heterocycles. The van der Waals surface area contributed by atoms with E-state index in [4.69, 9.17) is 16.3 Å². The topological polar surface area (TPSA) is 78.2 Å². The van der Waals surface area contributed by atoms with Crippen LogP contribution in [-0.4, -0.2) is 21.9 Å². The maximum Gasteiger partial charge on any atom is 0.269 e. The highest BCUT2D eigenvalue weighted by Gasteiger charge is 2.19. The Hall–Kier alpha value is -3.23. The summed E-state index contributed by atoms with van der Waals surface area (Å²) in [6, 6.07) is 20.7. The second-order valence-electron chi connectivity index (χ2n) is 6.93. The summed E-state index contributed by atoms with van der Waals surface area (Å²) in [7, 11) is 0. The molecule has 1 aromatic heterocycles. The van der Waals surface area contributed by atoms with Crippen LogP contribution in [0.15, 0.2) is 79.1 Å². The van der Waals surface area contributed by atoms with Crippen LogP contribution >= 0.6 is 11.6 Å². The minimum atomic E-state index is -0.485. The van der Waals surface area contributed by atoms with E-state index in [1.165, 1.54) is 24.3 Å². The molecule has 0 N–H and O–H groups in total. The zero-order valence-corrected chi connectivity index (χ0v) is 19.2. The van der Waals surface area contributed by atoms with Crippen LogP contribution < -0.4 is 26.3 Å². The molecule has 0 atom stereocenters. The highest BCUT2D eigenvalue weighted by Crippen LogP contribution is 2.23. The van der Waals surface area contributed by atoms with Crippen molar-refractivity contribution in [2.45, 2.75) is 13.1 Å². The van der Waals surface area contributed by atoms with Gasteiger partial charge in [0.1, 0.15) is 18.9 Å². The van der Waals surface area contributed by atoms with Crippen molar-refractivity contribution in [1.29, 1.82) is 0 Å². The first-order valence-corrected chi connectivity index (χ1v) is 10.0. The number of non-ortho nitro benzene ring substituents is 1. The van der Waals surface area contributed by atoms with Crippen LogP contribution in [0.3, 0.4) is 0 Å². The Morgan fingerprint density at radius 1 is 1.03 bits per heavy atom. The maximum absolute atomic E-state index is 12.7. The number of Topliss-reactive ketones (excluding diaryl/α,β-unsaturated/α-hetero) is 1. The predicted molar refractivity (Wildman–Crippen MR) is 117 cm³/mol. The lowest BCUT2D eigenvalue weighted by atomic mass is 10.1. The molecule has 0 spiro atoms. The monoisotopic (exact) mass is 515 g/mol. The van der Waals surface area contributed by atoms with Crippen molar-refractivity contribution in [1.82, 2.24) is 4.57 Å². The van der Waals surface area contributed by atoms with E-state index in [9.17, 15) is 14.9 Å². The summed E-state index contributed by atoms with van der Waals surface area (Å²) in [6.45, 7) is 1.11. The molecule has 4 rings (SSSR count). The van der Waals surface area contributed by atoms with Crippen LogP contribution in [0.25, 0.3) is 11.0 Å². The molecule has 164 valence electrons. The van der Waals surface area contributed by atoms with E-state index in [0.717, 1.165) is 11.0 Å². The second-order valence-corrected chi connectivity index (χ2v) is 7.34. The van der Waals surface area contributed by atoms with Crippen LogP contribution in [0.4, 0.5) is 5.69 Å². The van der Waals surface area contributed by atoms with Gasteiger partial charge in [-0.1, -0.05) is 35.9 Å². The van der Waals surface area contributed by atoms with E-state index in [1.54, 1.807) is 6.07 Å². The summed E-state index contributed by atoms with van der Waals surface area (Å²) in [5.74, 6) is 0.497. The first-order chi connectivity index (χ1) is 15.0. The molecule has 0 amide bonds. The van der Waals surface area contributed by atoms with Gasteiger partial charge in [-0.2, -0.15) is 0 Å². The number of ketones is 1. The summed E-state index contributed by atoms with van der Waals surface area (Å²) in [6.07, 6.45) is 1.88. The van der Waals surface area contributed by atoms with Crippen molar-refractivity contribution < 1.29 is 36.0 Å². The molecule has 32 heavy (non-hydrogen) atoms. The largest absolute Gasteiger partial charge is 1.00 e. The van der Waals surface area contributed by atoms with Crippen LogP contribution in [0.5, 0.6) is 5.75 Å². The number of para-hydroxylation sites is 3. The summed E-state index contributed by atoms with van der Waals surface area (Å²) in [4.78, 5) is 23.1. The van der Waals surface area contributed by atoms with Crippen molar-refractivity contribution in [3.63, 3.8) is 0 Å². The highest BCUT2D eigenvalue weighted by atomic mass is 79.9. The lowest BCUT2D eigenvalue weighted by Crippen LogP contribution is -3.00. The van der Waals surface area contributed by atoms with Crippen LogP contribution in [0, 0.1) is 10.1 Å². The summed E-state index contributed by atoms with van der Waals surface area (Å²) in [5, 5.41) is 11.4. The van der Waals surface area contributed by atoms with E-state index in [2.05, 4.69) is 0 Å². The molecule has 0 saturated carbocycles. The molecule has 0 aliphatic carbocycles. The predicted octanol–water partition coefficient (Wildman–Crippen LogP) is 1.46. The summed E-state index contributed by atoms with van der Waals surface area (Å²) in [5.41, 5.74) is 2.27. The van der Waals surface area contributed by atoms with Gasteiger partial charge in [-0.05, 0) is 36.4 Å². The fourth-order valence-electron chi connectivity index (χ4n) is 3.38. The number of rotatable bonds is 8. The Labute approximate surface area is 199 Å². The third-order valence-electron chi connectivity index (χ3n) is 4.92. The van der Waals surface area contributed by atoms with Gasteiger partial charge in [-0.3, -0.25) is 14.9 Å². The number of imidazole rings is 1. The lowest BCUT2D eigenvalue weighted by molar-refractivity contribution is -0.658. The van der Waals surface area contributed by atoms with Crippen molar-refractivity contribution in [2.75, 3.05) is 6.61 Å². The number of carbonyl (C=O) groups excluding carboxylic acids is 1. The number of nitrogens with zero attached hydrogens (tertiary/aromatic N) is 3. The van der Waals surface area contributed by atoms with Crippen molar-refractivity contribution in [3.05, 3.63) is 99.8 Å². The number of ether oxygens (including phenoxy) is 1. The molecule has 0 radical (unpaired) electrons. The molecule has 0 unspecified atom stereocenters. The van der Waals surface area contributed by atoms with Crippen LogP contribution in [0.2, 0.25) is 5.02 Å². The minimum Gasteiger partial charge on any atom is -1.00 e. The van der Waals surface area contributed by atoms with Crippen LogP contribution in [-0.2, 0) is 13.1 Å². The fraction of sp³-hybridized carbons (Fsp3) is 0.130. The molecule has 0 aliphatic heterocycles. The van der Waals surface area contributed by atoms with Gasteiger partial charge < -0.3 is 21.7 Å². The first kappa shape index (κ1) is 23.4. The molecule has 4 aromatic rings. The fourth-order valence-corrected chi connectivity index (χ4v) is 3.57. The standard InChI is InChI=1S/C23H19ClN3O4.BrH/c24-19-5-1-4-8-23(19)31-14-13-25-16-26(21-7-3-2-6-20(21)25)15-22(28)17-9-11-18(12-10-17)27(29)30;/h1-12,16H,13-15H2;1H/q+1;/p-1. The quantitative estimate of drug-likeness (QED) is 0.154. The number of hydrogen-bond donors (Lipinski definition) is 0. The number of aromatic nitrogens is 2. The van der Waals surface area contributed by atoms with Crippen molar-refractivity contribution in [2.24, 2.45) is 0 Å². The average Bonchev–Trinajstić information content (AvgIpc) is 3.12. The Bertz CT molecular complexity index is 1260. The number of hydrogen-bond acceptors (Lipinski definition) is 4. The number of fused-ring (bicyclic) bond motifs is 1. The molecule has 3 aromatic carbocycles. The minimum absolute atomic E-state index is 0. The van der Waals surface area contributed by atoms with Gasteiger partial charge in [0.25, 0.3) is 5.69 Å². The van der Waals surface area contributed by atoms with E-state index < -0.39 is 4.92 Å². The zero-order chi connectivity index (χ0) is 21.8. The smallest absolute Gasteiger partial charge is 0.269 e. The number of halogens is 2. The van der Waals surface area contributed by atoms with Gasteiger partial charge in [-0.15, -0.1) is 0 Å². The average molecular weight is 517 g/mol. The second kappa shape index (κ2) is 10.4. The van der Waals surface area contributed by atoms with Gasteiger partial charge in [0.15, 0.2) is 17.6 Å². The Morgan fingerprint density at radius 2 is 1.72 bits per heavy atom. The van der Waals surface area contributed by atoms with Crippen molar-refractivity contribution in [3.8, 4) is 5.75 Å². The van der Waals surface area contributed by atoms with E-state index >= 15 is 0 Å².